The van der Waals surface area contributed by atoms with E-state index in [-0.39, 0.29) is 5.91 Å². The molecule has 0 radical (unpaired) electrons. The third-order valence-corrected chi connectivity index (χ3v) is 4.78. The van der Waals surface area contributed by atoms with E-state index in [1.807, 2.05) is 30.3 Å². The van der Waals surface area contributed by atoms with Gasteiger partial charge in [-0.2, -0.15) is 0 Å². The summed E-state index contributed by atoms with van der Waals surface area (Å²) in [5.41, 5.74) is 2.10. The molecule has 0 spiro atoms. The number of nitrogens with one attached hydrogen (secondary N) is 1. The van der Waals surface area contributed by atoms with Crippen LogP contribution in [-0.4, -0.2) is 23.9 Å². The summed E-state index contributed by atoms with van der Waals surface area (Å²) in [5.74, 6) is 0.610. The topological polar surface area (TPSA) is 32.3 Å². The van der Waals surface area contributed by atoms with E-state index >= 15 is 0 Å². The fourth-order valence-electron chi connectivity index (χ4n) is 3.09. The molecule has 0 aliphatic carbocycles. The lowest BCUT2D eigenvalue weighted by Crippen LogP contribution is -2.51. The Bertz CT molecular complexity index is 659. The second-order valence-electron chi connectivity index (χ2n) is 5.79. The highest BCUT2D eigenvalue weighted by Crippen LogP contribution is 2.38. The van der Waals surface area contributed by atoms with Crippen molar-refractivity contribution in [2.75, 3.05) is 18.4 Å². The van der Waals surface area contributed by atoms with Crippen molar-refractivity contribution in [2.45, 2.75) is 13.0 Å². The standard InChI is InChI=1S/C18H19BrN2O/c1-13-11-21(18(13)14-7-3-2-4-8-14)12-17(22)20-16-10-6-5-9-15(16)19/h2-10,13,18H,11-12H2,1H3,(H,20,22)/t13-,18-/m1/s1. The smallest absolute Gasteiger partial charge is 0.238 e. The van der Waals surface area contributed by atoms with E-state index in [2.05, 4.69) is 57.3 Å². The molecule has 4 heteroatoms. The predicted octanol–water partition coefficient (Wildman–Crippen LogP) is 4.08. The number of carbonyl (C=O) groups is 1. The molecule has 3 rings (SSSR count). The van der Waals surface area contributed by atoms with Crippen LogP contribution in [0.1, 0.15) is 18.5 Å². The monoisotopic (exact) mass is 358 g/mol. The first kappa shape index (κ1) is 15.3. The number of hydrogen-bond donors (Lipinski definition) is 1. The number of amides is 1. The van der Waals surface area contributed by atoms with Crippen molar-refractivity contribution in [1.29, 1.82) is 0 Å². The number of benzene rings is 2. The molecular formula is C18H19BrN2O. The summed E-state index contributed by atoms with van der Waals surface area (Å²) in [6.07, 6.45) is 0. The van der Waals surface area contributed by atoms with Gasteiger partial charge in [0.15, 0.2) is 0 Å². The molecule has 1 heterocycles. The van der Waals surface area contributed by atoms with Crippen LogP contribution in [0.25, 0.3) is 0 Å². The van der Waals surface area contributed by atoms with E-state index in [0.29, 0.717) is 18.5 Å². The SMILES string of the molecule is C[C@@H]1CN(CC(=O)Nc2ccccc2Br)[C@H]1c1ccccc1. The number of hydrogen-bond acceptors (Lipinski definition) is 2. The van der Waals surface area contributed by atoms with Crippen molar-refractivity contribution >= 4 is 27.5 Å². The van der Waals surface area contributed by atoms with Gasteiger partial charge in [0.2, 0.25) is 5.91 Å². The predicted molar refractivity (Wildman–Crippen MR) is 92.7 cm³/mol. The summed E-state index contributed by atoms with van der Waals surface area (Å²) in [5, 5.41) is 2.97. The summed E-state index contributed by atoms with van der Waals surface area (Å²) >= 11 is 3.45. The second-order valence-corrected chi connectivity index (χ2v) is 6.64. The van der Waals surface area contributed by atoms with Crippen LogP contribution < -0.4 is 5.32 Å². The molecule has 1 aliphatic rings. The Hall–Kier alpha value is -1.65. The molecular weight excluding hydrogens is 340 g/mol. The van der Waals surface area contributed by atoms with Gasteiger partial charge in [0.25, 0.3) is 0 Å². The fourth-order valence-corrected chi connectivity index (χ4v) is 3.48. The van der Waals surface area contributed by atoms with Crippen molar-refractivity contribution in [3.05, 3.63) is 64.6 Å². The van der Waals surface area contributed by atoms with E-state index in [1.54, 1.807) is 0 Å². The van der Waals surface area contributed by atoms with Gasteiger partial charge in [-0.15, -0.1) is 0 Å². The lowest BCUT2D eigenvalue weighted by atomic mass is 9.85. The Morgan fingerprint density at radius 2 is 1.86 bits per heavy atom. The number of carbonyl (C=O) groups excluding carboxylic acids is 1. The van der Waals surface area contributed by atoms with Gasteiger partial charge in [0.1, 0.15) is 0 Å². The molecule has 114 valence electrons. The van der Waals surface area contributed by atoms with E-state index in [0.717, 1.165) is 16.7 Å². The molecule has 1 amide bonds. The number of nitrogens with zero attached hydrogens (tertiary/aromatic N) is 1. The van der Waals surface area contributed by atoms with Crippen LogP contribution in [0, 0.1) is 5.92 Å². The highest BCUT2D eigenvalue weighted by Gasteiger charge is 2.37. The first-order valence-corrected chi connectivity index (χ1v) is 8.28. The molecule has 2 aromatic carbocycles. The van der Waals surface area contributed by atoms with Crippen molar-refractivity contribution in [3.63, 3.8) is 0 Å². The van der Waals surface area contributed by atoms with Crippen LogP contribution in [0.15, 0.2) is 59.1 Å². The van der Waals surface area contributed by atoms with Gasteiger partial charge in [0.05, 0.1) is 12.2 Å². The fraction of sp³-hybridized carbons (Fsp3) is 0.278. The van der Waals surface area contributed by atoms with E-state index in [4.69, 9.17) is 0 Å². The lowest BCUT2D eigenvalue weighted by Gasteiger charge is -2.46. The average molecular weight is 359 g/mol. The molecule has 1 saturated heterocycles. The van der Waals surface area contributed by atoms with Gasteiger partial charge in [-0.05, 0) is 39.5 Å². The zero-order valence-corrected chi connectivity index (χ0v) is 14.1. The van der Waals surface area contributed by atoms with Crippen molar-refractivity contribution in [1.82, 2.24) is 4.90 Å². The minimum absolute atomic E-state index is 0.0275. The molecule has 0 unspecified atom stereocenters. The maximum Gasteiger partial charge on any atom is 0.238 e. The maximum atomic E-state index is 12.3. The summed E-state index contributed by atoms with van der Waals surface area (Å²) in [7, 11) is 0. The average Bonchev–Trinajstić information content (AvgIpc) is 2.50. The second kappa shape index (κ2) is 6.63. The zero-order valence-electron chi connectivity index (χ0n) is 12.5. The third kappa shape index (κ3) is 3.23. The molecule has 0 aromatic heterocycles. The van der Waals surface area contributed by atoms with Crippen LogP contribution in [-0.2, 0) is 4.79 Å². The number of para-hydroxylation sites is 1. The Kier molecular flexibility index (Phi) is 4.60. The molecule has 22 heavy (non-hydrogen) atoms. The Balaban J connectivity index is 1.63. The van der Waals surface area contributed by atoms with E-state index in [9.17, 15) is 4.79 Å². The quantitative estimate of drug-likeness (QED) is 0.892. The van der Waals surface area contributed by atoms with Gasteiger partial charge < -0.3 is 5.32 Å². The zero-order chi connectivity index (χ0) is 15.5. The first-order chi connectivity index (χ1) is 10.6. The minimum Gasteiger partial charge on any atom is -0.324 e. The van der Waals surface area contributed by atoms with Gasteiger partial charge >= 0.3 is 0 Å². The molecule has 0 bridgehead atoms. The van der Waals surface area contributed by atoms with Gasteiger partial charge in [0, 0.05) is 17.1 Å². The van der Waals surface area contributed by atoms with Crippen LogP contribution in [0.3, 0.4) is 0 Å². The van der Waals surface area contributed by atoms with Crippen molar-refractivity contribution in [3.8, 4) is 0 Å². The largest absolute Gasteiger partial charge is 0.324 e. The Morgan fingerprint density at radius 1 is 1.18 bits per heavy atom. The van der Waals surface area contributed by atoms with Crippen LogP contribution in [0.4, 0.5) is 5.69 Å². The van der Waals surface area contributed by atoms with Crippen molar-refractivity contribution < 1.29 is 4.79 Å². The number of likely N-dealkylation sites (tertiary alicyclic amines) is 1. The first-order valence-electron chi connectivity index (χ1n) is 7.48. The molecule has 2 aromatic rings. The van der Waals surface area contributed by atoms with E-state index in [1.165, 1.54) is 5.56 Å². The van der Waals surface area contributed by atoms with Crippen molar-refractivity contribution in [2.24, 2.45) is 5.92 Å². The number of halogens is 1. The normalized spacial score (nSPS) is 21.2. The summed E-state index contributed by atoms with van der Waals surface area (Å²) in [4.78, 5) is 14.5. The molecule has 1 fully saturated rings. The third-order valence-electron chi connectivity index (χ3n) is 4.09. The molecule has 1 N–H and O–H groups in total. The van der Waals surface area contributed by atoms with Gasteiger partial charge in [-0.25, -0.2) is 0 Å². The lowest BCUT2D eigenvalue weighted by molar-refractivity contribution is -0.120. The molecule has 1 aliphatic heterocycles. The number of anilines is 1. The van der Waals surface area contributed by atoms with Gasteiger partial charge in [-0.3, -0.25) is 9.69 Å². The highest BCUT2D eigenvalue weighted by molar-refractivity contribution is 9.10. The highest BCUT2D eigenvalue weighted by atomic mass is 79.9. The maximum absolute atomic E-state index is 12.3. The van der Waals surface area contributed by atoms with Crippen LogP contribution in [0.2, 0.25) is 0 Å². The summed E-state index contributed by atoms with van der Waals surface area (Å²) in [6.45, 7) is 3.62. The molecule has 2 atom stereocenters. The van der Waals surface area contributed by atoms with Crippen LogP contribution in [0.5, 0.6) is 0 Å². The summed E-state index contributed by atoms with van der Waals surface area (Å²) < 4.78 is 0.903. The minimum atomic E-state index is 0.0275. The Morgan fingerprint density at radius 3 is 2.55 bits per heavy atom. The van der Waals surface area contributed by atoms with E-state index < -0.39 is 0 Å². The van der Waals surface area contributed by atoms with Crippen LogP contribution >= 0.6 is 15.9 Å². The molecule has 3 nitrogen and oxygen atoms in total. The number of rotatable bonds is 4. The van der Waals surface area contributed by atoms with Gasteiger partial charge in [-0.1, -0.05) is 49.4 Å². The Labute approximate surface area is 139 Å². The summed E-state index contributed by atoms with van der Waals surface area (Å²) in [6, 6.07) is 18.4. The molecule has 0 saturated carbocycles.